The topological polar surface area (TPSA) is 74.4 Å². The number of esters is 1. The second kappa shape index (κ2) is 9.21. The normalized spacial score (nSPS) is 10.9. The maximum atomic E-state index is 14.9. The number of pyridine rings is 1. The highest BCUT2D eigenvalue weighted by Gasteiger charge is 2.26. The standard InChI is InChI=1S/C24H16Cl2F2N2O3/c1-32-23-16(25)9-8-15(18(23)27)21-19(28)20(29)17(26)22(30-21)24(31)33-11-12-6-7-13-4-2-3-5-14(13)10-12/h2-10H,11H2,1H3,(H2,29,30). The van der Waals surface area contributed by atoms with Crippen LogP contribution in [0.5, 0.6) is 5.75 Å². The Morgan fingerprint density at radius 2 is 1.76 bits per heavy atom. The summed E-state index contributed by atoms with van der Waals surface area (Å²) in [6.45, 7) is -0.0859. The van der Waals surface area contributed by atoms with Gasteiger partial charge in [0.25, 0.3) is 0 Å². The molecule has 5 nitrogen and oxygen atoms in total. The summed E-state index contributed by atoms with van der Waals surface area (Å²) in [5.74, 6) is -3.30. The van der Waals surface area contributed by atoms with Crippen molar-refractivity contribution in [2.24, 2.45) is 0 Å². The maximum absolute atomic E-state index is 14.9. The van der Waals surface area contributed by atoms with Gasteiger partial charge in [-0.3, -0.25) is 0 Å². The molecule has 0 aliphatic heterocycles. The van der Waals surface area contributed by atoms with Crippen molar-refractivity contribution >= 4 is 45.6 Å². The zero-order chi connectivity index (χ0) is 23.7. The predicted molar refractivity (Wildman–Crippen MR) is 124 cm³/mol. The second-order valence-electron chi connectivity index (χ2n) is 7.05. The first kappa shape index (κ1) is 22.8. The highest BCUT2D eigenvalue weighted by Crippen LogP contribution is 2.38. The Morgan fingerprint density at radius 1 is 1.03 bits per heavy atom. The fraction of sp³-hybridized carbons (Fsp3) is 0.0833. The number of hydrogen-bond donors (Lipinski definition) is 1. The highest BCUT2D eigenvalue weighted by atomic mass is 35.5. The van der Waals surface area contributed by atoms with Gasteiger partial charge in [-0.1, -0.05) is 59.6 Å². The first-order valence-electron chi connectivity index (χ1n) is 9.63. The number of ether oxygens (including phenoxy) is 2. The third-order valence-electron chi connectivity index (χ3n) is 5.00. The van der Waals surface area contributed by atoms with Crippen LogP contribution in [-0.4, -0.2) is 18.1 Å². The molecule has 4 rings (SSSR count). The molecular formula is C24H16Cl2F2N2O3. The van der Waals surface area contributed by atoms with E-state index in [1.807, 2.05) is 42.5 Å². The number of benzene rings is 3. The van der Waals surface area contributed by atoms with Gasteiger partial charge in [0.1, 0.15) is 12.3 Å². The number of nitrogens with two attached hydrogens (primary N) is 1. The van der Waals surface area contributed by atoms with E-state index in [0.717, 1.165) is 16.3 Å². The number of nitrogens with zero attached hydrogens (tertiary/aromatic N) is 1. The first-order chi connectivity index (χ1) is 15.8. The lowest BCUT2D eigenvalue weighted by Gasteiger charge is -2.14. The monoisotopic (exact) mass is 488 g/mol. The number of nitrogen functional groups attached to an aromatic ring is 1. The number of halogens is 4. The smallest absolute Gasteiger partial charge is 0.358 e. The van der Waals surface area contributed by atoms with Crippen molar-refractivity contribution in [3.8, 4) is 17.0 Å². The second-order valence-corrected chi connectivity index (χ2v) is 7.84. The molecule has 0 saturated heterocycles. The molecule has 3 aromatic carbocycles. The number of anilines is 1. The van der Waals surface area contributed by atoms with Crippen molar-refractivity contribution in [3.05, 3.63) is 87.5 Å². The third kappa shape index (κ3) is 4.29. The quantitative estimate of drug-likeness (QED) is 0.327. The Balaban J connectivity index is 1.67. The summed E-state index contributed by atoms with van der Waals surface area (Å²) in [4.78, 5) is 16.7. The minimum Gasteiger partial charge on any atom is -0.492 e. The number of aromatic nitrogens is 1. The van der Waals surface area contributed by atoms with Crippen molar-refractivity contribution < 1.29 is 23.0 Å². The van der Waals surface area contributed by atoms with E-state index in [4.69, 9.17) is 38.4 Å². The van der Waals surface area contributed by atoms with Crippen LogP contribution in [0.4, 0.5) is 14.5 Å². The number of carbonyl (C=O) groups is 1. The van der Waals surface area contributed by atoms with E-state index in [2.05, 4.69) is 4.98 Å². The van der Waals surface area contributed by atoms with Gasteiger partial charge in [0, 0.05) is 5.56 Å². The molecule has 0 radical (unpaired) electrons. The molecule has 0 aliphatic rings. The molecular weight excluding hydrogens is 473 g/mol. The van der Waals surface area contributed by atoms with E-state index < -0.39 is 39.7 Å². The summed E-state index contributed by atoms with van der Waals surface area (Å²) in [5, 5.41) is 1.56. The fourth-order valence-corrected chi connectivity index (χ4v) is 3.75. The van der Waals surface area contributed by atoms with Crippen LogP contribution in [0.3, 0.4) is 0 Å². The summed E-state index contributed by atoms with van der Waals surface area (Å²) in [5.41, 5.74) is 4.63. The molecule has 1 aromatic heterocycles. The summed E-state index contributed by atoms with van der Waals surface area (Å²) >= 11 is 12.0. The van der Waals surface area contributed by atoms with Gasteiger partial charge < -0.3 is 15.2 Å². The summed E-state index contributed by atoms with van der Waals surface area (Å²) in [7, 11) is 1.21. The lowest BCUT2D eigenvalue weighted by atomic mass is 10.1. The molecule has 33 heavy (non-hydrogen) atoms. The van der Waals surface area contributed by atoms with Crippen molar-refractivity contribution in [2.45, 2.75) is 6.61 Å². The zero-order valence-corrected chi connectivity index (χ0v) is 18.7. The van der Waals surface area contributed by atoms with Crippen LogP contribution >= 0.6 is 23.2 Å². The number of rotatable bonds is 5. The van der Waals surface area contributed by atoms with Gasteiger partial charge in [-0.25, -0.2) is 18.6 Å². The Kier molecular flexibility index (Phi) is 6.35. The lowest BCUT2D eigenvalue weighted by molar-refractivity contribution is 0.0466. The third-order valence-corrected chi connectivity index (χ3v) is 5.68. The minimum absolute atomic E-state index is 0.0175. The number of fused-ring (bicyclic) bond motifs is 1. The van der Waals surface area contributed by atoms with Crippen molar-refractivity contribution in [3.63, 3.8) is 0 Å². The molecule has 0 unspecified atom stereocenters. The summed E-state index contributed by atoms with van der Waals surface area (Å²) < 4.78 is 39.9. The van der Waals surface area contributed by atoms with Gasteiger partial charge in [0.15, 0.2) is 23.1 Å². The Bertz CT molecular complexity index is 1400. The van der Waals surface area contributed by atoms with Gasteiger partial charge in [0.05, 0.1) is 22.8 Å². The van der Waals surface area contributed by atoms with E-state index in [1.54, 1.807) is 0 Å². The van der Waals surface area contributed by atoms with Gasteiger partial charge >= 0.3 is 5.97 Å². The molecule has 0 aliphatic carbocycles. The van der Waals surface area contributed by atoms with E-state index in [9.17, 15) is 13.6 Å². The number of hydrogen-bond acceptors (Lipinski definition) is 5. The van der Waals surface area contributed by atoms with E-state index in [1.165, 1.54) is 19.2 Å². The molecule has 0 bridgehead atoms. The van der Waals surface area contributed by atoms with Crippen LogP contribution in [0.15, 0.2) is 54.6 Å². The molecule has 0 fully saturated rings. The minimum atomic E-state index is -1.09. The number of methoxy groups -OCH3 is 1. The van der Waals surface area contributed by atoms with Crippen molar-refractivity contribution in [2.75, 3.05) is 12.8 Å². The summed E-state index contributed by atoms with van der Waals surface area (Å²) in [6.07, 6.45) is 0. The average molecular weight is 489 g/mol. The van der Waals surface area contributed by atoms with Crippen molar-refractivity contribution in [1.82, 2.24) is 4.98 Å². The van der Waals surface area contributed by atoms with Crippen LogP contribution < -0.4 is 10.5 Å². The SMILES string of the molecule is COc1c(Cl)ccc(-c2nc(C(=O)OCc3ccc4ccccc4c3)c(Cl)c(N)c2F)c1F. The first-order valence-corrected chi connectivity index (χ1v) is 10.4. The Labute approximate surface area is 197 Å². The molecule has 2 N–H and O–H groups in total. The van der Waals surface area contributed by atoms with Crippen molar-refractivity contribution in [1.29, 1.82) is 0 Å². The highest BCUT2D eigenvalue weighted by molar-refractivity contribution is 6.36. The van der Waals surface area contributed by atoms with Crippen LogP contribution in [0.1, 0.15) is 16.1 Å². The van der Waals surface area contributed by atoms with Gasteiger partial charge in [-0.05, 0) is 34.5 Å². The van der Waals surface area contributed by atoms with Crippen LogP contribution in [-0.2, 0) is 11.3 Å². The molecule has 0 amide bonds. The molecule has 1 heterocycles. The molecule has 0 atom stereocenters. The molecule has 9 heteroatoms. The molecule has 0 spiro atoms. The van der Waals surface area contributed by atoms with Crippen LogP contribution in [0.2, 0.25) is 10.0 Å². The zero-order valence-electron chi connectivity index (χ0n) is 17.2. The van der Waals surface area contributed by atoms with Gasteiger partial charge in [0.2, 0.25) is 0 Å². The van der Waals surface area contributed by atoms with Crippen LogP contribution in [0, 0.1) is 11.6 Å². The van der Waals surface area contributed by atoms with Crippen LogP contribution in [0.25, 0.3) is 22.0 Å². The number of carbonyl (C=O) groups excluding carboxylic acids is 1. The average Bonchev–Trinajstić information content (AvgIpc) is 2.82. The lowest BCUT2D eigenvalue weighted by Crippen LogP contribution is -2.12. The maximum Gasteiger partial charge on any atom is 0.358 e. The Morgan fingerprint density at radius 3 is 2.48 bits per heavy atom. The molecule has 0 saturated carbocycles. The van der Waals surface area contributed by atoms with Gasteiger partial charge in [-0.2, -0.15) is 0 Å². The van der Waals surface area contributed by atoms with E-state index in [0.29, 0.717) is 0 Å². The largest absolute Gasteiger partial charge is 0.492 e. The van der Waals surface area contributed by atoms with E-state index >= 15 is 0 Å². The predicted octanol–water partition coefficient (Wildman–Crippen LogP) is 6.43. The summed E-state index contributed by atoms with van der Waals surface area (Å²) in [6, 6.07) is 15.8. The fourth-order valence-electron chi connectivity index (χ4n) is 3.32. The van der Waals surface area contributed by atoms with Gasteiger partial charge in [-0.15, -0.1) is 0 Å². The molecule has 168 valence electrons. The molecule has 4 aromatic rings. The van der Waals surface area contributed by atoms with E-state index in [-0.39, 0.29) is 22.9 Å². The Hall–Kier alpha value is -3.42.